The van der Waals surface area contributed by atoms with Gasteiger partial charge in [0.25, 0.3) is 0 Å². The third-order valence-electron chi connectivity index (χ3n) is 6.03. The van der Waals surface area contributed by atoms with E-state index in [1.54, 1.807) is 18.3 Å². The third-order valence-corrected chi connectivity index (χ3v) is 6.50. The molecule has 0 aromatic carbocycles. The highest BCUT2D eigenvalue weighted by Gasteiger charge is 2.14. The molecule has 0 amide bonds. The van der Waals surface area contributed by atoms with Crippen molar-refractivity contribution in [3.05, 3.63) is 79.7 Å². The van der Waals surface area contributed by atoms with Crippen LogP contribution < -0.4 is 15.5 Å². The smallest absolute Gasteiger partial charge is 0.363 e. The summed E-state index contributed by atoms with van der Waals surface area (Å²) >= 11 is 3.11. The minimum absolute atomic E-state index is 0.0873. The molecule has 12 nitrogen and oxygen atoms in total. The van der Waals surface area contributed by atoms with Gasteiger partial charge in [0, 0.05) is 38.3 Å². The molecule has 2 N–H and O–H groups in total. The fraction of sp³-hybridized carbons (Fsp3) is 0.400. The van der Waals surface area contributed by atoms with Crippen molar-refractivity contribution in [1.29, 1.82) is 0 Å². The fourth-order valence-corrected chi connectivity index (χ4v) is 4.27. The standard InChI is InChI=1S/C10H13N3O2.C10H15N3.C5H3BrN2O2/c14-13(15)10-5-4-9(8-11-10)12-6-2-1-3-7-12;11-10-5-4-9(8-12-10)13-6-2-1-3-7-13;6-4-1-2-5(7-3-4)8(9)10/h4-5,8H,1-3,6-7H2;4-5,8H,1-3,6-7H2,(H2,11,12);1-3H. The largest absolute Gasteiger partial charge is 0.384 e. The molecule has 0 bridgehead atoms. The van der Waals surface area contributed by atoms with Gasteiger partial charge in [-0.15, -0.1) is 0 Å². The van der Waals surface area contributed by atoms with Crippen LogP contribution in [-0.4, -0.2) is 51.0 Å². The molecule has 5 rings (SSSR count). The third kappa shape index (κ3) is 9.21. The van der Waals surface area contributed by atoms with Gasteiger partial charge in [-0.3, -0.25) is 0 Å². The number of nitro groups is 2. The van der Waals surface area contributed by atoms with Crippen LogP contribution in [0.2, 0.25) is 0 Å². The number of nitrogens with two attached hydrogens (primary N) is 1. The molecule has 13 heteroatoms. The molecule has 0 atom stereocenters. The number of halogens is 1. The zero-order chi connectivity index (χ0) is 27.3. The monoisotopic (exact) mass is 586 g/mol. The lowest BCUT2D eigenvalue weighted by Crippen LogP contribution is -2.29. The highest BCUT2D eigenvalue weighted by Crippen LogP contribution is 2.21. The second kappa shape index (κ2) is 14.8. The van der Waals surface area contributed by atoms with Crippen LogP contribution in [0.1, 0.15) is 38.5 Å². The first-order chi connectivity index (χ1) is 18.3. The van der Waals surface area contributed by atoms with Crippen LogP contribution in [0.25, 0.3) is 0 Å². The summed E-state index contributed by atoms with van der Waals surface area (Å²) in [7, 11) is 0. The Morgan fingerprint density at radius 1 is 0.658 bits per heavy atom. The van der Waals surface area contributed by atoms with Crippen molar-refractivity contribution in [1.82, 2.24) is 15.0 Å². The Hall–Kier alpha value is -3.87. The van der Waals surface area contributed by atoms with Crippen LogP contribution in [-0.2, 0) is 0 Å². The van der Waals surface area contributed by atoms with Gasteiger partial charge in [-0.05, 0) is 98.5 Å². The van der Waals surface area contributed by atoms with E-state index < -0.39 is 9.85 Å². The normalized spacial score (nSPS) is 14.9. The number of piperidine rings is 2. The summed E-state index contributed by atoms with van der Waals surface area (Å²) in [6, 6.07) is 10.1. The molecule has 0 aliphatic carbocycles. The zero-order valence-electron chi connectivity index (χ0n) is 21.0. The lowest BCUT2D eigenvalue weighted by atomic mass is 10.1. The molecule has 3 aromatic heterocycles. The zero-order valence-corrected chi connectivity index (χ0v) is 22.6. The van der Waals surface area contributed by atoms with E-state index >= 15 is 0 Å². The van der Waals surface area contributed by atoms with Gasteiger partial charge in [0.2, 0.25) is 0 Å². The van der Waals surface area contributed by atoms with Gasteiger partial charge in [-0.1, -0.05) is 0 Å². The Labute approximate surface area is 229 Å². The lowest BCUT2D eigenvalue weighted by molar-refractivity contribution is -0.389. The fourth-order valence-electron chi connectivity index (χ4n) is 4.04. The first kappa shape index (κ1) is 28.7. The second-order valence-electron chi connectivity index (χ2n) is 8.76. The van der Waals surface area contributed by atoms with Crippen molar-refractivity contribution in [3.63, 3.8) is 0 Å². The van der Waals surface area contributed by atoms with Gasteiger partial charge < -0.3 is 35.8 Å². The van der Waals surface area contributed by atoms with E-state index in [0.29, 0.717) is 5.82 Å². The molecule has 38 heavy (non-hydrogen) atoms. The Balaban J connectivity index is 0.000000161. The molecule has 2 aliphatic rings. The highest BCUT2D eigenvalue weighted by atomic mass is 79.9. The van der Waals surface area contributed by atoms with Crippen LogP contribution in [0, 0.1) is 20.2 Å². The maximum Gasteiger partial charge on any atom is 0.363 e. The molecule has 0 saturated carbocycles. The molecule has 202 valence electrons. The van der Waals surface area contributed by atoms with Crippen molar-refractivity contribution in [2.24, 2.45) is 0 Å². The number of hydrogen-bond donors (Lipinski definition) is 1. The van der Waals surface area contributed by atoms with Crippen molar-refractivity contribution in [2.45, 2.75) is 38.5 Å². The van der Waals surface area contributed by atoms with Gasteiger partial charge in [-0.2, -0.15) is 0 Å². The summed E-state index contributed by atoms with van der Waals surface area (Å²) in [6.45, 7) is 4.37. The number of anilines is 3. The average Bonchev–Trinajstić information content (AvgIpc) is 2.95. The first-order valence-electron chi connectivity index (χ1n) is 12.4. The second-order valence-corrected chi connectivity index (χ2v) is 9.68. The van der Waals surface area contributed by atoms with Gasteiger partial charge in [0.05, 0.1) is 22.0 Å². The molecule has 0 radical (unpaired) electrons. The Morgan fingerprint density at radius 3 is 1.47 bits per heavy atom. The first-order valence-corrected chi connectivity index (χ1v) is 13.2. The Morgan fingerprint density at radius 2 is 1.11 bits per heavy atom. The van der Waals surface area contributed by atoms with Gasteiger partial charge in [-0.25, -0.2) is 4.98 Å². The molecule has 2 fully saturated rings. The number of pyridine rings is 3. The summed E-state index contributed by atoms with van der Waals surface area (Å²) < 4.78 is 0.734. The molecule has 5 heterocycles. The number of rotatable bonds is 4. The number of hydrogen-bond acceptors (Lipinski definition) is 10. The molecule has 2 aliphatic heterocycles. The van der Waals surface area contributed by atoms with E-state index in [-0.39, 0.29) is 11.6 Å². The van der Waals surface area contributed by atoms with Crippen molar-refractivity contribution < 1.29 is 9.85 Å². The summed E-state index contributed by atoms with van der Waals surface area (Å²) in [5.74, 6) is 0.375. The van der Waals surface area contributed by atoms with Gasteiger partial charge >= 0.3 is 11.6 Å². The highest BCUT2D eigenvalue weighted by molar-refractivity contribution is 9.10. The van der Waals surface area contributed by atoms with Crippen LogP contribution in [0.15, 0.2) is 59.5 Å². The van der Waals surface area contributed by atoms with Gasteiger partial charge in [0.15, 0.2) is 12.4 Å². The molecular weight excluding hydrogens is 556 g/mol. The summed E-state index contributed by atoms with van der Waals surface area (Å²) in [5.41, 5.74) is 7.72. The number of nitrogens with zero attached hydrogens (tertiary/aromatic N) is 7. The van der Waals surface area contributed by atoms with Crippen molar-refractivity contribution in [2.75, 3.05) is 41.7 Å². The predicted octanol–water partition coefficient (Wildman–Crippen LogP) is 5.39. The van der Waals surface area contributed by atoms with Crippen LogP contribution in [0.5, 0.6) is 0 Å². The van der Waals surface area contributed by atoms with E-state index in [1.165, 1.54) is 62.5 Å². The van der Waals surface area contributed by atoms with Crippen molar-refractivity contribution >= 4 is 44.8 Å². The summed E-state index contributed by atoms with van der Waals surface area (Å²) in [6.07, 6.45) is 12.4. The van der Waals surface area contributed by atoms with E-state index in [4.69, 9.17) is 5.73 Å². The van der Waals surface area contributed by atoms with E-state index in [1.807, 2.05) is 18.3 Å². The maximum absolute atomic E-state index is 10.4. The van der Waals surface area contributed by atoms with E-state index in [0.717, 1.165) is 36.3 Å². The Kier molecular flexibility index (Phi) is 11.1. The van der Waals surface area contributed by atoms with Crippen LogP contribution in [0.3, 0.4) is 0 Å². The molecule has 0 unspecified atom stereocenters. The summed E-state index contributed by atoms with van der Waals surface area (Å²) in [5, 5.41) is 20.5. The van der Waals surface area contributed by atoms with Crippen molar-refractivity contribution in [3.8, 4) is 0 Å². The quantitative estimate of drug-likeness (QED) is 0.310. The minimum Gasteiger partial charge on any atom is -0.384 e. The maximum atomic E-state index is 10.4. The van der Waals surface area contributed by atoms with Crippen LogP contribution in [0.4, 0.5) is 28.8 Å². The van der Waals surface area contributed by atoms with Crippen LogP contribution >= 0.6 is 15.9 Å². The molecular formula is C25H31BrN8O4. The topological polar surface area (TPSA) is 157 Å². The minimum atomic E-state index is -0.535. The summed E-state index contributed by atoms with van der Waals surface area (Å²) in [4.78, 5) is 35.5. The number of aromatic nitrogens is 3. The van der Waals surface area contributed by atoms with E-state index in [2.05, 4.69) is 40.7 Å². The van der Waals surface area contributed by atoms with E-state index in [9.17, 15) is 20.2 Å². The Bertz CT molecular complexity index is 1150. The SMILES string of the molecule is Nc1ccc(N2CCCCC2)cn1.O=[N+]([O-])c1ccc(Br)cn1.O=[N+]([O-])c1ccc(N2CCCCC2)cn1. The predicted molar refractivity (Wildman–Crippen MR) is 150 cm³/mol. The molecule has 2 saturated heterocycles. The molecule has 3 aromatic rings. The molecule has 0 spiro atoms. The van der Waals surface area contributed by atoms with Gasteiger partial charge in [0.1, 0.15) is 5.82 Å². The lowest BCUT2D eigenvalue weighted by Gasteiger charge is -2.28. The average molecular weight is 587 g/mol. The number of nitrogen functional groups attached to an aromatic ring is 1.